The zero-order chi connectivity index (χ0) is 20.1. The lowest BCUT2D eigenvalue weighted by atomic mass is 10.1. The van der Waals surface area contributed by atoms with Crippen molar-refractivity contribution in [3.63, 3.8) is 0 Å². The molecule has 0 aliphatic rings. The van der Waals surface area contributed by atoms with Crippen LogP contribution in [0, 0.1) is 19.7 Å². The second-order valence-electron chi connectivity index (χ2n) is 6.28. The molecule has 2 aromatic carbocycles. The van der Waals surface area contributed by atoms with Crippen LogP contribution in [-0.2, 0) is 10.0 Å². The molecule has 3 rings (SSSR count). The quantitative estimate of drug-likeness (QED) is 0.615. The molecule has 6 nitrogen and oxygen atoms in total. The predicted octanol–water partition coefficient (Wildman–Crippen LogP) is 3.26. The molecule has 8 heteroatoms. The first kappa shape index (κ1) is 19.9. The molecule has 1 N–H and O–H groups in total. The van der Waals surface area contributed by atoms with Gasteiger partial charge in [-0.2, -0.15) is 0 Å². The Hall–Kier alpha value is -2.84. The minimum Gasteiger partial charge on any atom is -0.475 e. The Morgan fingerprint density at radius 1 is 1.00 bits per heavy atom. The van der Waals surface area contributed by atoms with E-state index in [2.05, 4.69) is 14.9 Å². The largest absolute Gasteiger partial charge is 0.475 e. The van der Waals surface area contributed by atoms with Gasteiger partial charge in [-0.3, -0.25) is 0 Å². The molecule has 0 aliphatic carbocycles. The lowest BCUT2D eigenvalue weighted by Gasteiger charge is -2.10. The van der Waals surface area contributed by atoms with Gasteiger partial charge in [-0.05, 0) is 55.8 Å². The van der Waals surface area contributed by atoms with Gasteiger partial charge in [0, 0.05) is 18.2 Å². The first-order valence-corrected chi connectivity index (χ1v) is 10.1. The Morgan fingerprint density at radius 2 is 1.75 bits per heavy atom. The number of benzene rings is 2. The van der Waals surface area contributed by atoms with Crippen molar-refractivity contribution >= 4 is 10.0 Å². The summed E-state index contributed by atoms with van der Waals surface area (Å²) in [5, 5.41) is 7.99. The summed E-state index contributed by atoms with van der Waals surface area (Å²) in [7, 11) is -3.61. The highest BCUT2D eigenvalue weighted by Gasteiger charge is 2.16. The van der Waals surface area contributed by atoms with Gasteiger partial charge in [0.25, 0.3) is 0 Å². The Bertz CT molecular complexity index is 1050. The van der Waals surface area contributed by atoms with E-state index in [-0.39, 0.29) is 29.7 Å². The minimum absolute atomic E-state index is 0.0943. The SMILES string of the molecule is Cc1ccc(S(=O)(=O)NCCOc2ccc(-c3ccc(F)cc3)nn2)c(C)c1. The van der Waals surface area contributed by atoms with E-state index in [0.717, 1.165) is 11.1 Å². The standard InChI is InChI=1S/C20H20FN3O3S/c1-14-3-9-19(15(2)13-14)28(25,26)22-11-12-27-20-10-8-18(23-24-20)16-4-6-17(21)7-5-16/h3-10,13,22H,11-12H2,1-2H3. The van der Waals surface area contributed by atoms with E-state index in [1.807, 2.05) is 13.0 Å². The Balaban J connectivity index is 1.54. The number of sulfonamides is 1. The molecule has 3 aromatic rings. The van der Waals surface area contributed by atoms with Crippen molar-refractivity contribution in [2.75, 3.05) is 13.2 Å². The number of rotatable bonds is 7. The summed E-state index contributed by atoms with van der Waals surface area (Å²) in [5.74, 6) is -0.0449. The van der Waals surface area contributed by atoms with Gasteiger partial charge >= 0.3 is 0 Å². The van der Waals surface area contributed by atoms with Crippen LogP contribution in [0.3, 0.4) is 0 Å². The summed E-state index contributed by atoms with van der Waals surface area (Å²) in [6, 6.07) is 14.4. The van der Waals surface area contributed by atoms with Gasteiger partial charge in [0.15, 0.2) is 0 Å². The zero-order valence-corrected chi connectivity index (χ0v) is 16.3. The van der Waals surface area contributed by atoms with Gasteiger partial charge < -0.3 is 4.74 Å². The van der Waals surface area contributed by atoms with Crippen molar-refractivity contribution in [1.29, 1.82) is 0 Å². The van der Waals surface area contributed by atoms with E-state index in [0.29, 0.717) is 11.3 Å². The molecule has 1 aromatic heterocycles. The van der Waals surface area contributed by atoms with E-state index in [4.69, 9.17) is 4.74 Å². The maximum Gasteiger partial charge on any atom is 0.240 e. The fraction of sp³-hybridized carbons (Fsp3) is 0.200. The predicted molar refractivity (Wildman–Crippen MR) is 104 cm³/mol. The first-order chi connectivity index (χ1) is 13.3. The lowest BCUT2D eigenvalue weighted by molar-refractivity contribution is 0.307. The molecule has 0 aliphatic heterocycles. The third kappa shape index (κ3) is 4.90. The molecule has 0 atom stereocenters. The summed E-state index contributed by atoms with van der Waals surface area (Å²) >= 11 is 0. The number of ether oxygens (including phenoxy) is 1. The molecule has 0 spiro atoms. The van der Waals surface area contributed by atoms with Gasteiger partial charge in [-0.25, -0.2) is 17.5 Å². The van der Waals surface area contributed by atoms with Crippen LogP contribution in [-0.4, -0.2) is 31.8 Å². The number of aromatic nitrogens is 2. The average molecular weight is 401 g/mol. The molecule has 0 saturated heterocycles. The third-order valence-electron chi connectivity index (χ3n) is 4.04. The van der Waals surface area contributed by atoms with Crippen molar-refractivity contribution in [3.05, 3.63) is 71.5 Å². The lowest BCUT2D eigenvalue weighted by Crippen LogP contribution is -2.29. The molecule has 0 radical (unpaired) electrons. The van der Waals surface area contributed by atoms with Crippen LogP contribution in [0.15, 0.2) is 59.5 Å². The number of halogens is 1. The number of hydrogen-bond donors (Lipinski definition) is 1. The highest BCUT2D eigenvalue weighted by Crippen LogP contribution is 2.18. The smallest absolute Gasteiger partial charge is 0.240 e. The minimum atomic E-state index is -3.61. The summed E-state index contributed by atoms with van der Waals surface area (Å²) in [6.07, 6.45) is 0. The highest BCUT2D eigenvalue weighted by atomic mass is 32.2. The summed E-state index contributed by atoms with van der Waals surface area (Å²) in [4.78, 5) is 0.251. The van der Waals surface area contributed by atoms with Gasteiger partial charge in [-0.15, -0.1) is 10.2 Å². The van der Waals surface area contributed by atoms with Crippen LogP contribution < -0.4 is 9.46 Å². The van der Waals surface area contributed by atoms with Crippen molar-refractivity contribution in [2.24, 2.45) is 0 Å². The monoisotopic (exact) mass is 401 g/mol. The van der Waals surface area contributed by atoms with Crippen LogP contribution in [0.4, 0.5) is 4.39 Å². The summed E-state index contributed by atoms with van der Waals surface area (Å²) < 4.78 is 45.7. The highest BCUT2D eigenvalue weighted by molar-refractivity contribution is 7.89. The van der Waals surface area contributed by atoms with E-state index < -0.39 is 10.0 Å². The third-order valence-corrected chi connectivity index (χ3v) is 5.67. The van der Waals surface area contributed by atoms with Gasteiger partial charge in [0.2, 0.25) is 15.9 Å². The van der Waals surface area contributed by atoms with Gasteiger partial charge in [0.1, 0.15) is 12.4 Å². The Kier molecular flexibility index (Phi) is 6.01. The van der Waals surface area contributed by atoms with E-state index in [9.17, 15) is 12.8 Å². The van der Waals surface area contributed by atoms with Crippen molar-refractivity contribution in [2.45, 2.75) is 18.7 Å². The topological polar surface area (TPSA) is 81.2 Å². The molecule has 0 fully saturated rings. The van der Waals surface area contributed by atoms with E-state index in [1.54, 1.807) is 43.3 Å². The van der Waals surface area contributed by atoms with Crippen LogP contribution in [0.2, 0.25) is 0 Å². The maximum atomic E-state index is 13.0. The number of nitrogens with one attached hydrogen (secondary N) is 1. The van der Waals surface area contributed by atoms with E-state index in [1.165, 1.54) is 12.1 Å². The van der Waals surface area contributed by atoms with Gasteiger partial charge in [-0.1, -0.05) is 17.7 Å². The molecule has 1 heterocycles. The first-order valence-electron chi connectivity index (χ1n) is 8.64. The van der Waals surface area contributed by atoms with E-state index >= 15 is 0 Å². The zero-order valence-electron chi connectivity index (χ0n) is 15.5. The fourth-order valence-electron chi connectivity index (χ4n) is 2.68. The Morgan fingerprint density at radius 3 is 2.39 bits per heavy atom. The molecule has 0 amide bonds. The van der Waals surface area contributed by atoms with Crippen LogP contribution in [0.25, 0.3) is 11.3 Å². The van der Waals surface area contributed by atoms with Crippen LogP contribution >= 0.6 is 0 Å². The van der Waals surface area contributed by atoms with Crippen molar-refractivity contribution in [1.82, 2.24) is 14.9 Å². The molecule has 0 unspecified atom stereocenters. The van der Waals surface area contributed by atoms with Crippen LogP contribution in [0.5, 0.6) is 5.88 Å². The second kappa shape index (κ2) is 8.45. The molecule has 146 valence electrons. The summed E-state index contributed by atoms with van der Waals surface area (Å²) in [6.45, 7) is 3.87. The van der Waals surface area contributed by atoms with Crippen LogP contribution in [0.1, 0.15) is 11.1 Å². The fourth-order valence-corrected chi connectivity index (χ4v) is 3.92. The second-order valence-corrected chi connectivity index (χ2v) is 8.01. The molecule has 28 heavy (non-hydrogen) atoms. The van der Waals surface area contributed by atoms with Crippen molar-refractivity contribution < 1.29 is 17.5 Å². The number of nitrogens with zero attached hydrogens (tertiary/aromatic N) is 2. The maximum absolute atomic E-state index is 13.0. The molecular weight excluding hydrogens is 381 g/mol. The molecular formula is C20H20FN3O3S. The number of hydrogen-bond acceptors (Lipinski definition) is 5. The van der Waals surface area contributed by atoms with Gasteiger partial charge in [0.05, 0.1) is 10.6 Å². The number of aryl methyl sites for hydroxylation is 2. The molecule has 0 bridgehead atoms. The van der Waals surface area contributed by atoms with Crippen molar-refractivity contribution in [3.8, 4) is 17.1 Å². The Labute approximate surface area is 163 Å². The summed E-state index contributed by atoms with van der Waals surface area (Å²) in [5.41, 5.74) is 3.02. The molecule has 0 saturated carbocycles. The normalized spacial score (nSPS) is 11.4. The average Bonchev–Trinajstić information content (AvgIpc) is 2.66.